The molecule has 0 aliphatic heterocycles. The Balaban J connectivity index is 0.000000497. The normalized spacial score (nSPS) is 12.6. The van der Waals surface area contributed by atoms with E-state index in [4.69, 9.17) is 5.11 Å². The molecule has 0 unspecified atom stereocenters. The van der Waals surface area contributed by atoms with Gasteiger partial charge in [-0.2, -0.15) is 0 Å². The summed E-state index contributed by atoms with van der Waals surface area (Å²) in [5.74, 6) is -0.0625. The Hall–Kier alpha value is -4.31. The van der Waals surface area contributed by atoms with Crippen LogP contribution in [-0.4, -0.2) is 15.9 Å². The molecule has 4 nitrogen and oxygen atoms in total. The average molecular weight is 758 g/mol. The first-order valence-electron chi connectivity index (χ1n) is 14.8. The van der Waals surface area contributed by atoms with Crippen LogP contribution in [0.25, 0.3) is 22.4 Å². The van der Waals surface area contributed by atoms with Crippen molar-refractivity contribution in [3.8, 4) is 22.4 Å². The van der Waals surface area contributed by atoms with Gasteiger partial charge in [0.15, 0.2) is 5.78 Å². The Morgan fingerprint density at radius 3 is 1.89 bits per heavy atom. The molecule has 0 saturated carbocycles. The number of aromatic nitrogens is 1. The monoisotopic (exact) mass is 758 g/mol. The number of allylic oxidation sites excluding steroid dienone is 2. The Morgan fingerprint density at radius 1 is 0.795 bits per heavy atom. The van der Waals surface area contributed by atoms with Gasteiger partial charge in [0.1, 0.15) is 0 Å². The molecular weight excluding hydrogens is 721 g/mol. The number of aliphatic hydroxyl groups is 1. The third-order valence-corrected chi connectivity index (χ3v) is 8.12. The molecule has 0 bridgehead atoms. The molecule has 5 heteroatoms. The molecule has 1 aliphatic rings. The molecule has 0 amide bonds. The van der Waals surface area contributed by atoms with E-state index in [1.807, 2.05) is 18.3 Å². The Labute approximate surface area is 274 Å². The minimum absolute atomic E-state index is 0. The van der Waals surface area contributed by atoms with Crippen molar-refractivity contribution in [1.29, 1.82) is 0 Å². The fourth-order valence-electron chi connectivity index (χ4n) is 6.13. The molecule has 1 aromatic heterocycles. The summed E-state index contributed by atoms with van der Waals surface area (Å²) in [4.78, 5) is 17.0. The fourth-order valence-corrected chi connectivity index (χ4v) is 6.13. The molecule has 1 N–H and O–H groups in total. The maximum atomic E-state index is 10.0. The summed E-state index contributed by atoms with van der Waals surface area (Å²) in [6.45, 7) is 7.48. The van der Waals surface area contributed by atoms with Crippen LogP contribution in [-0.2, 0) is 30.3 Å². The van der Waals surface area contributed by atoms with Crippen LogP contribution in [0.15, 0.2) is 127 Å². The second-order valence-corrected chi connectivity index (χ2v) is 10.8. The van der Waals surface area contributed by atoms with Crippen LogP contribution in [0.1, 0.15) is 51.7 Å². The number of rotatable bonds is 7. The van der Waals surface area contributed by atoms with Gasteiger partial charge in [0.25, 0.3) is 0 Å². The number of aliphatic hydroxyl groups excluding tert-OH is 1. The zero-order valence-corrected chi connectivity index (χ0v) is 27.9. The van der Waals surface area contributed by atoms with E-state index in [1.54, 1.807) is 0 Å². The maximum absolute atomic E-state index is 10.0. The second-order valence-electron chi connectivity index (χ2n) is 10.8. The summed E-state index contributed by atoms with van der Waals surface area (Å²) < 4.78 is 0. The summed E-state index contributed by atoms with van der Waals surface area (Å²) >= 11 is 0. The standard InChI is InChI=1S/C34H29N2.C5H8O2.Ir/c1-3-34(4-2)31-23-25(33-17-11-12-22-35-33)18-20-29(31)30-21-19-28(24-32(30)34)36(26-13-7-5-8-14-26)27-15-9-6-10-16-27;1-4(6)3-5(2)7;/h5-17,19-24H,3-4H2,1-2H3;3,6H,1-2H3;/q-1;;. The van der Waals surface area contributed by atoms with Gasteiger partial charge < -0.3 is 15.0 Å². The predicted octanol–water partition coefficient (Wildman–Crippen LogP) is 10.1. The van der Waals surface area contributed by atoms with Crippen LogP contribution < -0.4 is 4.90 Å². The predicted molar refractivity (Wildman–Crippen MR) is 177 cm³/mol. The smallest absolute Gasteiger partial charge is 0.155 e. The zero-order chi connectivity index (χ0) is 30.4. The number of para-hydroxylation sites is 2. The molecule has 0 fully saturated rings. The molecule has 0 atom stereocenters. The van der Waals surface area contributed by atoms with Gasteiger partial charge >= 0.3 is 0 Å². The van der Waals surface area contributed by atoms with Gasteiger partial charge in [-0.3, -0.25) is 4.79 Å². The van der Waals surface area contributed by atoms with E-state index in [-0.39, 0.29) is 37.1 Å². The molecule has 4 aromatic carbocycles. The Bertz CT molecular complexity index is 1690. The van der Waals surface area contributed by atoms with Gasteiger partial charge in [0, 0.05) is 54.9 Å². The number of anilines is 3. The number of hydrogen-bond donors (Lipinski definition) is 1. The number of carbonyl (C=O) groups excluding carboxylic acids is 1. The summed E-state index contributed by atoms with van der Waals surface area (Å²) in [6, 6.07) is 42.3. The zero-order valence-electron chi connectivity index (χ0n) is 25.5. The number of fused-ring (bicyclic) bond motifs is 3. The number of hydrogen-bond acceptors (Lipinski definition) is 4. The summed E-state index contributed by atoms with van der Waals surface area (Å²) in [6.07, 6.45) is 5.09. The summed E-state index contributed by atoms with van der Waals surface area (Å²) in [7, 11) is 0. The van der Waals surface area contributed by atoms with Crippen LogP contribution >= 0.6 is 0 Å². The van der Waals surface area contributed by atoms with Crippen molar-refractivity contribution in [2.45, 2.75) is 46.0 Å². The largest absolute Gasteiger partial charge is 0.512 e. The van der Waals surface area contributed by atoms with Crippen molar-refractivity contribution in [3.63, 3.8) is 0 Å². The van der Waals surface area contributed by atoms with Crippen molar-refractivity contribution in [1.82, 2.24) is 4.98 Å². The van der Waals surface area contributed by atoms with Crippen molar-refractivity contribution in [2.24, 2.45) is 0 Å². The van der Waals surface area contributed by atoms with Crippen LogP contribution in [0.4, 0.5) is 17.1 Å². The van der Waals surface area contributed by atoms with E-state index in [9.17, 15) is 4.79 Å². The molecule has 1 heterocycles. The molecule has 6 rings (SSSR count). The van der Waals surface area contributed by atoms with E-state index in [0.717, 1.165) is 35.5 Å². The molecule has 1 radical (unpaired) electrons. The molecule has 225 valence electrons. The Morgan fingerprint density at radius 2 is 1.39 bits per heavy atom. The number of nitrogens with zero attached hydrogens (tertiary/aromatic N) is 2. The van der Waals surface area contributed by atoms with E-state index in [0.29, 0.717) is 0 Å². The van der Waals surface area contributed by atoms with Gasteiger partial charge in [-0.1, -0.05) is 79.6 Å². The first kappa shape index (κ1) is 32.6. The van der Waals surface area contributed by atoms with Crippen LogP contribution in [0.2, 0.25) is 0 Å². The van der Waals surface area contributed by atoms with Crippen molar-refractivity contribution in [3.05, 3.63) is 144 Å². The summed E-state index contributed by atoms with van der Waals surface area (Å²) in [5.41, 5.74) is 10.9. The van der Waals surface area contributed by atoms with E-state index < -0.39 is 0 Å². The first-order valence-corrected chi connectivity index (χ1v) is 14.8. The third kappa shape index (κ3) is 6.60. The first-order chi connectivity index (χ1) is 20.9. The van der Waals surface area contributed by atoms with Gasteiger partial charge in [-0.25, -0.2) is 0 Å². The summed E-state index contributed by atoms with van der Waals surface area (Å²) in [5, 5.41) is 8.36. The van der Waals surface area contributed by atoms with Crippen molar-refractivity contribution >= 4 is 22.8 Å². The third-order valence-electron chi connectivity index (χ3n) is 8.12. The fraction of sp³-hybridized carbons (Fsp3) is 0.179. The molecule has 1 aliphatic carbocycles. The average Bonchev–Trinajstić information content (AvgIpc) is 3.31. The quantitative estimate of drug-likeness (QED) is 0.102. The number of benzene rings is 4. The molecular formula is C39H37IrN2O2-. The van der Waals surface area contributed by atoms with Crippen molar-refractivity contribution < 1.29 is 30.0 Å². The van der Waals surface area contributed by atoms with Crippen LogP contribution in [0.5, 0.6) is 0 Å². The van der Waals surface area contributed by atoms with Gasteiger partial charge in [-0.05, 0) is 80.4 Å². The topological polar surface area (TPSA) is 53.4 Å². The van der Waals surface area contributed by atoms with E-state index in [1.165, 1.54) is 47.9 Å². The molecule has 0 spiro atoms. The van der Waals surface area contributed by atoms with E-state index in [2.05, 4.69) is 127 Å². The Kier molecular flexibility index (Phi) is 10.7. The minimum Gasteiger partial charge on any atom is -0.512 e. The van der Waals surface area contributed by atoms with Gasteiger partial charge in [-0.15, -0.1) is 29.3 Å². The van der Waals surface area contributed by atoms with E-state index >= 15 is 0 Å². The minimum atomic E-state index is -0.125. The number of pyridine rings is 1. The molecule has 44 heavy (non-hydrogen) atoms. The van der Waals surface area contributed by atoms with Crippen LogP contribution in [0, 0.1) is 6.07 Å². The van der Waals surface area contributed by atoms with Crippen LogP contribution in [0.3, 0.4) is 0 Å². The van der Waals surface area contributed by atoms with Gasteiger partial charge in [0.2, 0.25) is 0 Å². The second kappa shape index (κ2) is 14.4. The number of ketones is 1. The number of carbonyl (C=O) groups is 1. The van der Waals surface area contributed by atoms with Gasteiger partial charge in [0.05, 0.1) is 5.76 Å². The van der Waals surface area contributed by atoms with Crippen molar-refractivity contribution in [2.75, 3.05) is 4.90 Å². The maximum Gasteiger partial charge on any atom is 0.155 e. The SMILES string of the molecule is CC(=O)C=C(C)O.CCC1(CC)c2cc(-c3ccccn3)[c-]cc2-c2ccc(N(c3ccccc3)c3ccccc3)cc21.[Ir]. The molecule has 0 saturated heterocycles. The molecule has 5 aromatic rings.